The number of rotatable bonds is 6. The first-order valence-corrected chi connectivity index (χ1v) is 12.4. The molecule has 0 aliphatic carbocycles. The van der Waals surface area contributed by atoms with Crippen molar-refractivity contribution in [2.45, 2.75) is 23.3 Å². The maximum Gasteiger partial charge on any atom is 0.338 e. The van der Waals surface area contributed by atoms with Crippen molar-refractivity contribution in [1.82, 2.24) is 10.3 Å². The van der Waals surface area contributed by atoms with Gasteiger partial charge in [0, 0.05) is 45.4 Å². The first kappa shape index (κ1) is 23.5. The number of esters is 1. The average molecular weight is 494 g/mol. The molecule has 36 heavy (non-hydrogen) atoms. The SMILES string of the molecule is CCOC(=O)c1ccc(C2=Nc3cc(C(=O)NCc4ccncc4)ccc3Sc3ccccc32)cc1. The normalized spacial score (nSPS) is 12.0. The molecule has 1 aliphatic rings. The summed E-state index contributed by atoms with van der Waals surface area (Å²) in [6.45, 7) is 2.53. The summed E-state index contributed by atoms with van der Waals surface area (Å²) in [5.74, 6) is -0.521. The lowest BCUT2D eigenvalue weighted by Gasteiger charge is -2.10. The molecule has 0 atom stereocenters. The second-order valence-corrected chi connectivity index (χ2v) is 9.16. The monoisotopic (exact) mass is 493 g/mol. The van der Waals surface area contributed by atoms with Crippen LogP contribution in [0.3, 0.4) is 0 Å². The molecule has 1 N–H and O–H groups in total. The molecule has 0 bridgehead atoms. The van der Waals surface area contributed by atoms with Crippen LogP contribution in [0.1, 0.15) is 44.3 Å². The van der Waals surface area contributed by atoms with E-state index in [0.29, 0.717) is 24.3 Å². The average Bonchev–Trinajstić information content (AvgIpc) is 3.09. The summed E-state index contributed by atoms with van der Waals surface area (Å²) >= 11 is 1.62. The number of fused-ring (bicyclic) bond motifs is 2. The number of amides is 1. The fourth-order valence-electron chi connectivity index (χ4n) is 3.87. The topological polar surface area (TPSA) is 80.6 Å². The number of aliphatic imine (C=N–C) groups is 1. The third-order valence-electron chi connectivity index (χ3n) is 5.69. The minimum absolute atomic E-state index is 0.170. The Hall–Kier alpha value is -4.23. The minimum Gasteiger partial charge on any atom is -0.462 e. The smallest absolute Gasteiger partial charge is 0.338 e. The second kappa shape index (κ2) is 10.6. The Kier molecular flexibility index (Phi) is 6.91. The number of nitrogens with zero attached hydrogens (tertiary/aromatic N) is 2. The quantitative estimate of drug-likeness (QED) is 0.301. The van der Waals surface area contributed by atoms with Crippen LogP contribution in [0.2, 0.25) is 0 Å². The molecule has 5 rings (SSSR count). The number of carbonyl (C=O) groups excluding carboxylic acids is 2. The highest BCUT2D eigenvalue weighted by Crippen LogP contribution is 2.41. The molecule has 178 valence electrons. The van der Waals surface area contributed by atoms with Crippen LogP contribution in [-0.2, 0) is 11.3 Å². The molecule has 4 aromatic rings. The summed E-state index contributed by atoms with van der Waals surface area (Å²) in [7, 11) is 0. The summed E-state index contributed by atoms with van der Waals surface area (Å²) < 4.78 is 5.11. The number of ether oxygens (including phenoxy) is 1. The molecular formula is C29H23N3O3S. The standard InChI is InChI=1S/C29H23N3O3S/c1-2-35-29(34)21-9-7-20(8-10-21)27-23-5-3-4-6-25(23)36-26-12-11-22(17-24(26)32-27)28(33)31-18-19-13-15-30-16-14-19/h3-17H,2,18H2,1H3,(H,31,33). The van der Waals surface area contributed by atoms with Crippen LogP contribution in [0, 0.1) is 0 Å². The Morgan fingerprint density at radius 2 is 1.64 bits per heavy atom. The van der Waals surface area contributed by atoms with E-state index in [1.807, 2.05) is 60.7 Å². The predicted molar refractivity (Wildman–Crippen MR) is 140 cm³/mol. The molecule has 0 radical (unpaired) electrons. The molecular weight excluding hydrogens is 470 g/mol. The number of pyridine rings is 1. The highest BCUT2D eigenvalue weighted by Gasteiger charge is 2.20. The van der Waals surface area contributed by atoms with Gasteiger partial charge in [-0.1, -0.05) is 42.1 Å². The van der Waals surface area contributed by atoms with Gasteiger partial charge in [0.2, 0.25) is 0 Å². The lowest BCUT2D eigenvalue weighted by atomic mass is 10.0. The number of aromatic nitrogens is 1. The zero-order valence-corrected chi connectivity index (χ0v) is 20.4. The van der Waals surface area contributed by atoms with Crippen LogP contribution in [0.25, 0.3) is 0 Å². The first-order valence-electron chi connectivity index (χ1n) is 11.6. The van der Waals surface area contributed by atoms with E-state index in [4.69, 9.17) is 9.73 Å². The van der Waals surface area contributed by atoms with Gasteiger partial charge in [-0.3, -0.25) is 9.78 Å². The Balaban J connectivity index is 1.49. The predicted octanol–water partition coefficient (Wildman–Crippen LogP) is 5.82. The molecule has 7 heteroatoms. The fraction of sp³-hybridized carbons (Fsp3) is 0.103. The van der Waals surface area contributed by atoms with Crippen molar-refractivity contribution in [3.8, 4) is 0 Å². The largest absolute Gasteiger partial charge is 0.462 e. The van der Waals surface area contributed by atoms with Gasteiger partial charge in [0.05, 0.1) is 23.6 Å². The summed E-state index contributed by atoms with van der Waals surface area (Å²) in [5.41, 5.74) is 5.37. The third kappa shape index (κ3) is 5.06. The van der Waals surface area contributed by atoms with Gasteiger partial charge in [-0.15, -0.1) is 0 Å². The summed E-state index contributed by atoms with van der Waals surface area (Å²) in [6.07, 6.45) is 3.41. The van der Waals surface area contributed by atoms with Gasteiger partial charge >= 0.3 is 5.97 Å². The maximum absolute atomic E-state index is 12.9. The van der Waals surface area contributed by atoms with Crippen molar-refractivity contribution in [2.24, 2.45) is 4.99 Å². The van der Waals surface area contributed by atoms with Gasteiger partial charge in [-0.05, 0) is 61.0 Å². The van der Waals surface area contributed by atoms with Crippen LogP contribution in [0.5, 0.6) is 0 Å². The van der Waals surface area contributed by atoms with Crippen molar-refractivity contribution in [1.29, 1.82) is 0 Å². The van der Waals surface area contributed by atoms with E-state index in [-0.39, 0.29) is 11.9 Å². The molecule has 1 aromatic heterocycles. The lowest BCUT2D eigenvalue weighted by molar-refractivity contribution is 0.0526. The van der Waals surface area contributed by atoms with Crippen LogP contribution in [-0.4, -0.2) is 29.2 Å². The van der Waals surface area contributed by atoms with Crippen molar-refractivity contribution in [3.05, 3.63) is 119 Å². The molecule has 0 unspecified atom stereocenters. The van der Waals surface area contributed by atoms with Gasteiger partial charge in [0.1, 0.15) is 0 Å². The molecule has 1 aliphatic heterocycles. The van der Waals surface area contributed by atoms with Crippen molar-refractivity contribution >= 4 is 35.0 Å². The first-order chi connectivity index (χ1) is 17.6. The summed E-state index contributed by atoms with van der Waals surface area (Å²) in [5, 5.41) is 2.96. The van der Waals surface area contributed by atoms with E-state index in [0.717, 1.165) is 37.9 Å². The number of hydrogen-bond donors (Lipinski definition) is 1. The van der Waals surface area contributed by atoms with Crippen molar-refractivity contribution in [2.75, 3.05) is 6.61 Å². The highest BCUT2D eigenvalue weighted by atomic mass is 32.2. The molecule has 0 spiro atoms. The zero-order valence-electron chi connectivity index (χ0n) is 19.6. The van der Waals surface area contributed by atoms with Gasteiger partial charge < -0.3 is 10.1 Å². The van der Waals surface area contributed by atoms with Crippen LogP contribution in [0.4, 0.5) is 5.69 Å². The molecule has 6 nitrogen and oxygen atoms in total. The Labute approximate surface area is 213 Å². The Morgan fingerprint density at radius 1 is 0.889 bits per heavy atom. The van der Waals surface area contributed by atoms with Gasteiger partial charge in [-0.25, -0.2) is 9.79 Å². The van der Waals surface area contributed by atoms with Gasteiger partial charge in [0.25, 0.3) is 5.91 Å². The van der Waals surface area contributed by atoms with Gasteiger partial charge in [-0.2, -0.15) is 0 Å². The van der Waals surface area contributed by atoms with E-state index in [2.05, 4.69) is 16.4 Å². The van der Waals surface area contributed by atoms with Crippen LogP contribution >= 0.6 is 11.8 Å². The number of carbonyl (C=O) groups is 2. The van der Waals surface area contributed by atoms with E-state index in [1.54, 1.807) is 43.2 Å². The van der Waals surface area contributed by atoms with E-state index in [1.165, 1.54) is 0 Å². The molecule has 0 saturated heterocycles. The maximum atomic E-state index is 12.9. The number of nitrogens with one attached hydrogen (secondary N) is 1. The van der Waals surface area contributed by atoms with E-state index in [9.17, 15) is 9.59 Å². The summed E-state index contributed by atoms with van der Waals surface area (Å²) in [6, 6.07) is 24.7. The number of benzene rings is 3. The number of hydrogen-bond acceptors (Lipinski definition) is 6. The van der Waals surface area contributed by atoms with Gasteiger partial charge in [0.15, 0.2) is 0 Å². The molecule has 3 aromatic carbocycles. The van der Waals surface area contributed by atoms with E-state index < -0.39 is 0 Å². The molecule has 2 heterocycles. The highest BCUT2D eigenvalue weighted by molar-refractivity contribution is 7.99. The fourth-order valence-corrected chi connectivity index (χ4v) is 4.87. The van der Waals surface area contributed by atoms with Crippen molar-refractivity contribution < 1.29 is 14.3 Å². The Morgan fingerprint density at radius 3 is 2.42 bits per heavy atom. The lowest BCUT2D eigenvalue weighted by Crippen LogP contribution is -2.22. The van der Waals surface area contributed by atoms with E-state index >= 15 is 0 Å². The summed E-state index contributed by atoms with van der Waals surface area (Å²) in [4.78, 5) is 36.0. The minimum atomic E-state index is -0.351. The zero-order chi connectivity index (χ0) is 24.9. The third-order valence-corrected chi connectivity index (χ3v) is 6.83. The Bertz CT molecular complexity index is 1450. The molecule has 0 saturated carbocycles. The molecule has 0 fully saturated rings. The van der Waals surface area contributed by atoms with Crippen LogP contribution in [0.15, 0.2) is 106 Å². The van der Waals surface area contributed by atoms with Crippen molar-refractivity contribution in [3.63, 3.8) is 0 Å². The second-order valence-electron chi connectivity index (χ2n) is 8.08. The van der Waals surface area contributed by atoms with Crippen LogP contribution < -0.4 is 5.32 Å². The molecule has 1 amide bonds.